The minimum atomic E-state index is -4.94. The third-order valence-electron chi connectivity index (χ3n) is 5.64. The highest BCUT2D eigenvalue weighted by Gasteiger charge is 2.43. The minimum absolute atomic E-state index is 0.00481. The number of methoxy groups -OCH3 is 1. The number of likely N-dealkylation sites (tertiary alicyclic amines) is 1. The fourth-order valence-corrected chi connectivity index (χ4v) is 3.89. The number of amides is 3. The van der Waals surface area contributed by atoms with Crippen LogP contribution < -0.4 is 15.4 Å². The van der Waals surface area contributed by atoms with Crippen molar-refractivity contribution in [1.29, 1.82) is 0 Å². The Bertz CT molecular complexity index is 1270. The molecule has 1 unspecified atom stereocenters. The summed E-state index contributed by atoms with van der Waals surface area (Å²) in [6, 6.07) is 7.97. The molecule has 184 valence electrons. The second kappa shape index (κ2) is 9.72. The van der Waals surface area contributed by atoms with Crippen molar-refractivity contribution < 1.29 is 27.5 Å². The molecule has 1 atom stereocenters. The number of benzene rings is 1. The number of urea groups is 1. The lowest BCUT2D eigenvalue weighted by atomic mass is 10.1. The summed E-state index contributed by atoms with van der Waals surface area (Å²) in [7, 11) is 1.59. The zero-order chi connectivity index (χ0) is 25.2. The summed E-state index contributed by atoms with van der Waals surface area (Å²) >= 11 is 0. The average Bonchev–Trinajstić information content (AvgIpc) is 2.83. The number of hydrogen-bond donors (Lipinski definition) is 2. The highest BCUT2D eigenvalue weighted by atomic mass is 19.4. The van der Waals surface area contributed by atoms with Crippen LogP contribution in [0.4, 0.5) is 23.8 Å². The standard InChI is InChI=1S/C23H23F3N6O3/c1-13-5-6-14(10-18(13)35-2)16-7-8-17-20(29-16)30-19(11-27-17)31-22(34)28-15-4-3-9-32(12-15)21(33)23(24,25)26/h5-8,10-11,15H,3-4,9,12H2,1-2H3,(H2,28,29,30,31,34). The van der Waals surface area contributed by atoms with Crippen molar-refractivity contribution in [1.82, 2.24) is 25.2 Å². The first kappa shape index (κ1) is 24.2. The van der Waals surface area contributed by atoms with E-state index in [9.17, 15) is 22.8 Å². The highest BCUT2D eigenvalue weighted by Crippen LogP contribution is 2.27. The van der Waals surface area contributed by atoms with Crippen molar-refractivity contribution in [2.24, 2.45) is 0 Å². The Labute approximate surface area is 198 Å². The van der Waals surface area contributed by atoms with Crippen molar-refractivity contribution in [2.75, 3.05) is 25.5 Å². The fourth-order valence-electron chi connectivity index (χ4n) is 3.89. The Morgan fingerprint density at radius 2 is 1.97 bits per heavy atom. The van der Waals surface area contributed by atoms with Gasteiger partial charge in [0.1, 0.15) is 11.3 Å². The summed E-state index contributed by atoms with van der Waals surface area (Å²) in [5, 5.41) is 5.12. The molecule has 1 saturated heterocycles. The Kier molecular flexibility index (Phi) is 6.72. The van der Waals surface area contributed by atoms with E-state index in [1.807, 2.05) is 25.1 Å². The first-order chi connectivity index (χ1) is 16.6. The maximum Gasteiger partial charge on any atom is 0.471 e. The van der Waals surface area contributed by atoms with Crippen LogP contribution in [-0.2, 0) is 4.79 Å². The van der Waals surface area contributed by atoms with E-state index in [0.717, 1.165) is 16.9 Å². The lowest BCUT2D eigenvalue weighted by Gasteiger charge is -2.33. The Morgan fingerprint density at radius 3 is 2.71 bits per heavy atom. The molecule has 0 aliphatic carbocycles. The topological polar surface area (TPSA) is 109 Å². The van der Waals surface area contributed by atoms with Crippen molar-refractivity contribution in [3.63, 3.8) is 0 Å². The van der Waals surface area contributed by atoms with Gasteiger partial charge in [0.2, 0.25) is 0 Å². The molecule has 4 rings (SSSR count). The van der Waals surface area contributed by atoms with Gasteiger partial charge in [-0.1, -0.05) is 12.1 Å². The van der Waals surface area contributed by atoms with Crippen LogP contribution in [0.2, 0.25) is 0 Å². The van der Waals surface area contributed by atoms with E-state index in [1.165, 1.54) is 6.20 Å². The van der Waals surface area contributed by atoms with Crippen LogP contribution in [0.25, 0.3) is 22.4 Å². The number of aryl methyl sites for hydroxylation is 1. The van der Waals surface area contributed by atoms with Gasteiger partial charge in [-0.2, -0.15) is 13.2 Å². The lowest BCUT2D eigenvalue weighted by molar-refractivity contribution is -0.186. The number of carbonyl (C=O) groups excluding carboxylic acids is 2. The molecule has 1 aliphatic rings. The molecular formula is C23H23F3N6O3. The highest BCUT2D eigenvalue weighted by molar-refractivity contribution is 5.89. The smallest absolute Gasteiger partial charge is 0.471 e. The van der Waals surface area contributed by atoms with E-state index in [1.54, 1.807) is 19.2 Å². The monoisotopic (exact) mass is 488 g/mol. The number of hydrogen-bond acceptors (Lipinski definition) is 6. The number of alkyl halides is 3. The molecule has 12 heteroatoms. The van der Waals surface area contributed by atoms with Gasteiger partial charge in [-0.05, 0) is 43.5 Å². The second-order valence-electron chi connectivity index (χ2n) is 8.17. The number of ether oxygens (including phenoxy) is 1. The number of fused-ring (bicyclic) bond motifs is 1. The molecular weight excluding hydrogens is 465 g/mol. The summed E-state index contributed by atoms with van der Waals surface area (Å²) < 4.78 is 43.5. The van der Waals surface area contributed by atoms with Crippen LogP contribution in [-0.4, -0.2) is 64.2 Å². The molecule has 35 heavy (non-hydrogen) atoms. The first-order valence-corrected chi connectivity index (χ1v) is 10.9. The number of pyridine rings is 1. The summed E-state index contributed by atoms with van der Waals surface area (Å²) in [4.78, 5) is 37.8. The van der Waals surface area contributed by atoms with Gasteiger partial charge in [0, 0.05) is 24.7 Å². The summed E-state index contributed by atoms with van der Waals surface area (Å²) in [6.07, 6.45) is -2.79. The molecule has 1 fully saturated rings. The molecule has 3 heterocycles. The van der Waals surface area contributed by atoms with Gasteiger partial charge in [0.25, 0.3) is 0 Å². The maximum absolute atomic E-state index is 12.7. The van der Waals surface area contributed by atoms with Crippen LogP contribution in [0.3, 0.4) is 0 Å². The SMILES string of the molecule is COc1cc(-c2ccc3ncc(NC(=O)NC4CCCN(C(=O)C(F)(F)F)C4)nc3n2)ccc1C. The van der Waals surface area contributed by atoms with Crippen LogP contribution >= 0.6 is 0 Å². The van der Waals surface area contributed by atoms with E-state index in [2.05, 4.69) is 25.6 Å². The number of nitrogens with one attached hydrogen (secondary N) is 2. The largest absolute Gasteiger partial charge is 0.496 e. The Morgan fingerprint density at radius 1 is 1.17 bits per heavy atom. The first-order valence-electron chi connectivity index (χ1n) is 10.9. The normalized spacial score (nSPS) is 16.1. The Hall–Kier alpha value is -3.96. The second-order valence-corrected chi connectivity index (χ2v) is 8.17. The predicted molar refractivity (Wildman–Crippen MR) is 122 cm³/mol. The average molecular weight is 488 g/mol. The molecule has 3 aromatic rings. The maximum atomic E-state index is 12.7. The van der Waals surface area contributed by atoms with Gasteiger partial charge in [0.05, 0.1) is 19.0 Å². The van der Waals surface area contributed by atoms with Crippen molar-refractivity contribution in [3.05, 3.63) is 42.1 Å². The van der Waals surface area contributed by atoms with Crippen molar-refractivity contribution >= 4 is 28.9 Å². The number of carbonyl (C=O) groups is 2. The van der Waals surface area contributed by atoms with E-state index in [4.69, 9.17) is 4.74 Å². The third-order valence-corrected chi connectivity index (χ3v) is 5.64. The van der Waals surface area contributed by atoms with Crippen LogP contribution in [0.5, 0.6) is 5.75 Å². The number of aromatic nitrogens is 3. The van der Waals surface area contributed by atoms with E-state index in [0.29, 0.717) is 34.6 Å². The molecule has 9 nitrogen and oxygen atoms in total. The summed E-state index contributed by atoms with van der Waals surface area (Å²) in [5.41, 5.74) is 3.27. The van der Waals surface area contributed by atoms with Crippen LogP contribution in [0.1, 0.15) is 18.4 Å². The number of nitrogens with zero attached hydrogens (tertiary/aromatic N) is 4. The molecule has 2 N–H and O–H groups in total. The van der Waals surface area contributed by atoms with E-state index < -0.39 is 24.2 Å². The molecule has 0 bridgehead atoms. The number of rotatable bonds is 4. The Balaban J connectivity index is 1.45. The lowest BCUT2D eigenvalue weighted by Crippen LogP contribution is -2.53. The molecule has 0 saturated carbocycles. The summed E-state index contributed by atoms with van der Waals surface area (Å²) in [6.45, 7) is 1.71. The molecule has 3 amide bonds. The van der Waals surface area contributed by atoms with Crippen molar-refractivity contribution in [3.8, 4) is 17.0 Å². The van der Waals surface area contributed by atoms with Gasteiger partial charge in [-0.25, -0.2) is 19.7 Å². The molecule has 0 radical (unpaired) electrons. The van der Waals surface area contributed by atoms with Gasteiger partial charge < -0.3 is 15.0 Å². The quantitative estimate of drug-likeness (QED) is 0.580. The van der Waals surface area contributed by atoms with Gasteiger partial charge >= 0.3 is 18.1 Å². The van der Waals surface area contributed by atoms with Crippen molar-refractivity contribution in [2.45, 2.75) is 32.0 Å². The fraction of sp³-hybridized carbons (Fsp3) is 0.348. The zero-order valence-electron chi connectivity index (χ0n) is 19.0. The predicted octanol–water partition coefficient (Wildman–Crippen LogP) is 3.68. The minimum Gasteiger partial charge on any atom is -0.496 e. The number of halogens is 3. The number of anilines is 1. The number of piperidine rings is 1. The van der Waals surface area contributed by atoms with Crippen LogP contribution in [0.15, 0.2) is 36.5 Å². The molecule has 2 aromatic heterocycles. The molecule has 1 aromatic carbocycles. The van der Waals surface area contributed by atoms with E-state index in [-0.39, 0.29) is 18.9 Å². The van der Waals surface area contributed by atoms with Gasteiger partial charge in [-0.3, -0.25) is 10.1 Å². The zero-order valence-corrected chi connectivity index (χ0v) is 19.0. The molecule has 0 spiro atoms. The molecule has 1 aliphatic heterocycles. The third kappa shape index (κ3) is 5.58. The summed E-state index contributed by atoms with van der Waals surface area (Å²) in [5.74, 6) is -1.06. The van der Waals surface area contributed by atoms with Crippen LogP contribution in [0, 0.1) is 6.92 Å². The van der Waals surface area contributed by atoms with Gasteiger partial charge in [0.15, 0.2) is 11.5 Å². The van der Waals surface area contributed by atoms with E-state index >= 15 is 0 Å². The van der Waals surface area contributed by atoms with Gasteiger partial charge in [-0.15, -0.1) is 0 Å².